The quantitative estimate of drug-likeness (QED) is 0.171. The molecule has 2 atom stereocenters. The third-order valence-electron chi connectivity index (χ3n) is 5.56. The average Bonchev–Trinajstić information content (AvgIpc) is 3.07. The van der Waals surface area contributed by atoms with Gasteiger partial charge in [0.2, 0.25) is 17.6 Å². The van der Waals surface area contributed by atoms with E-state index in [2.05, 4.69) is 0 Å². The van der Waals surface area contributed by atoms with Gasteiger partial charge in [0, 0.05) is 17.7 Å². The molecule has 0 saturated carbocycles. The number of imide groups is 1. The molecule has 0 unspecified atom stereocenters. The molecule has 1 aliphatic heterocycles. The van der Waals surface area contributed by atoms with Crippen LogP contribution < -0.4 is 4.90 Å². The van der Waals surface area contributed by atoms with Gasteiger partial charge in [0.25, 0.3) is 5.69 Å². The van der Waals surface area contributed by atoms with Gasteiger partial charge in [-0.15, -0.1) is 0 Å². The van der Waals surface area contributed by atoms with Crippen molar-refractivity contribution in [2.45, 2.75) is 12.8 Å². The van der Waals surface area contributed by atoms with Crippen LogP contribution in [-0.4, -0.2) is 35.1 Å². The standard InChI is InChI=1S/C23H18N2O7/c26-20(14-5-3-8-17(11-14)25(30)31)13-32-23(29)15-6-4-7-16(12-15)24-21(27)18-9-1-2-10-19(18)22(24)28/h1-8,11-12,18-19H,9-10,13H2/t18-,19+. The second-order valence-electron chi connectivity index (χ2n) is 7.52. The highest BCUT2D eigenvalue weighted by molar-refractivity contribution is 6.22. The topological polar surface area (TPSA) is 124 Å². The minimum Gasteiger partial charge on any atom is -0.454 e. The third-order valence-corrected chi connectivity index (χ3v) is 5.56. The lowest BCUT2D eigenvalue weighted by Crippen LogP contribution is -2.31. The van der Waals surface area contributed by atoms with Crippen LogP contribution in [0.4, 0.5) is 11.4 Å². The number of allylic oxidation sites excluding steroid dienone is 2. The number of anilines is 1. The van der Waals surface area contributed by atoms with Gasteiger partial charge in [0.05, 0.1) is 28.0 Å². The molecule has 1 aliphatic carbocycles. The Balaban J connectivity index is 1.46. The summed E-state index contributed by atoms with van der Waals surface area (Å²) in [5.41, 5.74) is 0.146. The molecule has 32 heavy (non-hydrogen) atoms. The van der Waals surface area contributed by atoms with E-state index in [0.29, 0.717) is 12.8 Å². The number of hydrogen-bond donors (Lipinski definition) is 0. The Bertz CT molecular complexity index is 1140. The number of nitro groups is 1. The van der Waals surface area contributed by atoms with Crippen molar-refractivity contribution in [1.29, 1.82) is 0 Å². The van der Waals surface area contributed by atoms with Crippen molar-refractivity contribution in [3.05, 3.63) is 81.9 Å². The fourth-order valence-corrected chi connectivity index (χ4v) is 3.92. The number of fused-ring (bicyclic) bond motifs is 1. The number of nitrogens with zero attached hydrogens (tertiary/aromatic N) is 2. The van der Waals surface area contributed by atoms with Gasteiger partial charge in [-0.25, -0.2) is 4.79 Å². The van der Waals surface area contributed by atoms with E-state index in [1.807, 2.05) is 12.2 Å². The van der Waals surface area contributed by atoms with Gasteiger partial charge in [-0.1, -0.05) is 30.4 Å². The second kappa shape index (κ2) is 8.54. The van der Waals surface area contributed by atoms with Crippen LogP contribution in [0.3, 0.4) is 0 Å². The number of Topliss-reactive ketones (excluding diaryl/α,β-unsaturated/α-hetero) is 1. The highest BCUT2D eigenvalue weighted by atomic mass is 16.6. The average molecular weight is 434 g/mol. The molecule has 162 valence electrons. The van der Waals surface area contributed by atoms with Gasteiger partial charge in [0.1, 0.15) is 0 Å². The lowest BCUT2D eigenvalue weighted by atomic mass is 9.85. The minimum atomic E-state index is -0.816. The molecule has 2 amide bonds. The highest BCUT2D eigenvalue weighted by Crippen LogP contribution is 2.37. The Labute approximate surface area is 182 Å². The number of amides is 2. The summed E-state index contributed by atoms with van der Waals surface area (Å²) < 4.78 is 5.05. The van der Waals surface area contributed by atoms with Crippen LogP contribution in [0.5, 0.6) is 0 Å². The summed E-state index contributed by atoms with van der Waals surface area (Å²) in [6.07, 6.45) is 4.80. The number of non-ortho nitro benzene ring substituents is 1. The molecule has 2 aliphatic rings. The first kappa shape index (κ1) is 21.1. The van der Waals surface area contributed by atoms with Crippen molar-refractivity contribution in [2.75, 3.05) is 11.5 Å². The minimum absolute atomic E-state index is 0.0465. The van der Waals surface area contributed by atoms with E-state index in [0.717, 1.165) is 11.0 Å². The molecule has 1 saturated heterocycles. The summed E-state index contributed by atoms with van der Waals surface area (Å²) in [4.78, 5) is 61.5. The van der Waals surface area contributed by atoms with E-state index in [1.165, 1.54) is 36.4 Å². The smallest absolute Gasteiger partial charge is 0.338 e. The van der Waals surface area contributed by atoms with E-state index in [-0.39, 0.29) is 34.3 Å². The van der Waals surface area contributed by atoms with E-state index in [9.17, 15) is 29.3 Å². The number of benzene rings is 2. The van der Waals surface area contributed by atoms with E-state index >= 15 is 0 Å². The lowest BCUT2D eigenvalue weighted by molar-refractivity contribution is -0.384. The van der Waals surface area contributed by atoms with Crippen LogP contribution in [0.1, 0.15) is 33.6 Å². The highest BCUT2D eigenvalue weighted by Gasteiger charge is 2.47. The summed E-state index contributed by atoms with van der Waals surface area (Å²) >= 11 is 0. The zero-order valence-corrected chi connectivity index (χ0v) is 16.8. The van der Waals surface area contributed by atoms with Crippen LogP contribution >= 0.6 is 0 Å². The number of carbonyl (C=O) groups excluding carboxylic acids is 4. The van der Waals surface area contributed by atoms with Crippen LogP contribution in [0.25, 0.3) is 0 Å². The Morgan fingerprint density at radius 2 is 1.59 bits per heavy atom. The molecule has 1 heterocycles. The first-order valence-corrected chi connectivity index (χ1v) is 9.94. The maximum atomic E-state index is 12.7. The maximum absolute atomic E-state index is 12.7. The Morgan fingerprint density at radius 3 is 2.25 bits per heavy atom. The second-order valence-corrected chi connectivity index (χ2v) is 7.52. The van der Waals surface area contributed by atoms with Crippen molar-refractivity contribution in [3.63, 3.8) is 0 Å². The third kappa shape index (κ3) is 3.92. The maximum Gasteiger partial charge on any atom is 0.338 e. The molecule has 0 N–H and O–H groups in total. The molecule has 2 aromatic rings. The first-order chi connectivity index (χ1) is 15.4. The van der Waals surface area contributed by atoms with Gasteiger partial charge < -0.3 is 4.74 Å². The van der Waals surface area contributed by atoms with Crippen molar-refractivity contribution in [1.82, 2.24) is 0 Å². The number of carbonyl (C=O) groups is 4. The SMILES string of the molecule is O=C(COC(=O)c1cccc(N2C(=O)[C@H]3CC=CC[C@H]3C2=O)c1)c1cccc([N+](=O)[O-])c1. The number of esters is 1. The normalized spacial score (nSPS) is 19.6. The van der Waals surface area contributed by atoms with Crippen molar-refractivity contribution >= 4 is 34.9 Å². The predicted molar refractivity (Wildman–Crippen MR) is 112 cm³/mol. The molecule has 2 aromatic carbocycles. The van der Waals surface area contributed by atoms with Crippen molar-refractivity contribution < 1.29 is 28.8 Å². The van der Waals surface area contributed by atoms with Gasteiger partial charge in [-0.3, -0.25) is 29.4 Å². The molecule has 0 aromatic heterocycles. The fraction of sp³-hybridized carbons (Fsp3) is 0.217. The summed E-state index contributed by atoms with van der Waals surface area (Å²) in [5.74, 6) is -2.79. The number of ether oxygens (including phenoxy) is 1. The van der Waals surface area contributed by atoms with Gasteiger partial charge in [-0.05, 0) is 31.0 Å². The molecule has 1 fully saturated rings. The summed E-state index contributed by atoms with van der Waals surface area (Å²) in [6, 6.07) is 11.0. The first-order valence-electron chi connectivity index (χ1n) is 9.94. The van der Waals surface area contributed by atoms with Gasteiger partial charge >= 0.3 is 5.97 Å². The Morgan fingerprint density at radius 1 is 0.969 bits per heavy atom. The number of rotatable bonds is 6. The predicted octanol–water partition coefficient (Wildman–Crippen LogP) is 3.09. The number of hydrogen-bond acceptors (Lipinski definition) is 7. The number of nitro benzene ring substituents is 1. The Kier molecular flexibility index (Phi) is 5.63. The summed E-state index contributed by atoms with van der Waals surface area (Å²) in [5, 5.41) is 10.9. The molecule has 9 heteroatoms. The molecular formula is C23H18N2O7. The Hall–Kier alpha value is -4.14. The fourth-order valence-electron chi connectivity index (χ4n) is 3.92. The van der Waals surface area contributed by atoms with E-state index in [1.54, 1.807) is 6.07 Å². The zero-order valence-electron chi connectivity index (χ0n) is 16.8. The number of ketones is 1. The zero-order chi connectivity index (χ0) is 22.8. The van der Waals surface area contributed by atoms with E-state index < -0.39 is 35.1 Å². The summed E-state index contributed by atoms with van der Waals surface area (Å²) in [7, 11) is 0. The van der Waals surface area contributed by atoms with Crippen LogP contribution in [0.2, 0.25) is 0 Å². The van der Waals surface area contributed by atoms with Crippen LogP contribution in [0, 0.1) is 22.0 Å². The van der Waals surface area contributed by atoms with Crippen molar-refractivity contribution in [2.24, 2.45) is 11.8 Å². The van der Waals surface area contributed by atoms with E-state index in [4.69, 9.17) is 4.74 Å². The monoisotopic (exact) mass is 434 g/mol. The van der Waals surface area contributed by atoms with Gasteiger partial charge in [-0.2, -0.15) is 0 Å². The largest absolute Gasteiger partial charge is 0.454 e. The lowest BCUT2D eigenvalue weighted by Gasteiger charge is -2.15. The molecule has 9 nitrogen and oxygen atoms in total. The molecular weight excluding hydrogens is 416 g/mol. The van der Waals surface area contributed by atoms with Crippen LogP contribution in [0.15, 0.2) is 60.7 Å². The van der Waals surface area contributed by atoms with Crippen LogP contribution in [-0.2, 0) is 14.3 Å². The van der Waals surface area contributed by atoms with Gasteiger partial charge in [0.15, 0.2) is 6.61 Å². The molecule has 0 radical (unpaired) electrons. The molecule has 4 rings (SSSR count). The molecule has 0 bridgehead atoms. The molecule has 0 spiro atoms. The van der Waals surface area contributed by atoms with Crippen molar-refractivity contribution in [3.8, 4) is 0 Å². The summed E-state index contributed by atoms with van der Waals surface area (Å²) in [6.45, 7) is -0.610.